The fraction of sp³-hybridized carbons (Fsp3) is 0.0417. The van der Waals surface area contributed by atoms with Crippen molar-refractivity contribution in [2.45, 2.75) is 17.0 Å². The number of nitrogens with zero attached hydrogens (tertiary/aromatic N) is 3. The molecule has 5 aromatic rings. The van der Waals surface area contributed by atoms with Crippen LogP contribution in [0.25, 0.3) is 33.4 Å². The van der Waals surface area contributed by atoms with Gasteiger partial charge < -0.3 is 10.8 Å². The van der Waals surface area contributed by atoms with Crippen LogP contribution in [0, 0.1) is 6.92 Å². The number of nitrogens with two attached hydrogens (primary N) is 1. The average molecular weight is 504 g/mol. The molecule has 158 valence electrons. The van der Waals surface area contributed by atoms with Crippen molar-refractivity contribution in [3.05, 3.63) is 93.2 Å². The fourth-order valence-electron chi connectivity index (χ4n) is 3.57. The van der Waals surface area contributed by atoms with Crippen molar-refractivity contribution in [3.63, 3.8) is 0 Å². The minimum atomic E-state index is -0.205. The van der Waals surface area contributed by atoms with Crippen molar-refractivity contribution in [2.75, 3.05) is 5.84 Å². The summed E-state index contributed by atoms with van der Waals surface area (Å²) in [6.45, 7) is 2.02. The second-order valence-corrected chi connectivity index (χ2v) is 9.25. The Labute approximate surface area is 196 Å². The lowest BCUT2D eigenvalue weighted by atomic mass is 10.0. The van der Waals surface area contributed by atoms with E-state index in [0.717, 1.165) is 37.6 Å². The number of nitrogens with one attached hydrogen (secondary N) is 1. The molecular weight excluding hydrogens is 486 g/mol. The SMILES string of the molecule is Cc1ccc(-c2nnc(Sc3c(-c4ccccc4)c4cc(Br)ccc4[nH]c3=O)n2N)cc1. The Balaban J connectivity index is 1.68. The molecule has 0 saturated heterocycles. The zero-order chi connectivity index (χ0) is 22.2. The molecule has 2 aromatic heterocycles. The number of nitrogen functional groups attached to an aromatic ring is 1. The first-order valence-electron chi connectivity index (χ1n) is 9.87. The molecule has 0 atom stereocenters. The Morgan fingerprint density at radius 3 is 2.47 bits per heavy atom. The zero-order valence-electron chi connectivity index (χ0n) is 17.0. The third-order valence-electron chi connectivity index (χ3n) is 5.16. The highest BCUT2D eigenvalue weighted by molar-refractivity contribution is 9.10. The predicted octanol–water partition coefficient (Wildman–Crippen LogP) is 5.39. The second kappa shape index (κ2) is 8.29. The minimum Gasteiger partial charge on any atom is -0.335 e. The maximum absolute atomic E-state index is 13.2. The van der Waals surface area contributed by atoms with Crippen LogP contribution in [-0.4, -0.2) is 19.9 Å². The van der Waals surface area contributed by atoms with E-state index in [-0.39, 0.29) is 5.56 Å². The highest BCUT2D eigenvalue weighted by Crippen LogP contribution is 2.38. The van der Waals surface area contributed by atoms with Gasteiger partial charge in [0.05, 0.1) is 4.90 Å². The summed E-state index contributed by atoms with van der Waals surface area (Å²) in [6.07, 6.45) is 0. The van der Waals surface area contributed by atoms with E-state index in [1.807, 2.05) is 79.7 Å². The topological polar surface area (TPSA) is 89.6 Å². The number of pyridine rings is 1. The highest BCUT2D eigenvalue weighted by Gasteiger charge is 2.20. The summed E-state index contributed by atoms with van der Waals surface area (Å²) in [6, 6.07) is 23.5. The molecule has 0 unspecified atom stereocenters. The second-order valence-electron chi connectivity index (χ2n) is 7.36. The average Bonchev–Trinajstić information content (AvgIpc) is 3.16. The summed E-state index contributed by atoms with van der Waals surface area (Å²) in [5.41, 5.74) is 4.32. The number of aromatic amines is 1. The molecule has 6 nitrogen and oxygen atoms in total. The molecule has 32 heavy (non-hydrogen) atoms. The summed E-state index contributed by atoms with van der Waals surface area (Å²) in [7, 11) is 0. The summed E-state index contributed by atoms with van der Waals surface area (Å²) in [5, 5.41) is 9.89. The maximum Gasteiger partial charge on any atom is 0.263 e. The molecule has 0 bridgehead atoms. The number of hydrogen-bond acceptors (Lipinski definition) is 5. The normalized spacial score (nSPS) is 11.2. The van der Waals surface area contributed by atoms with E-state index < -0.39 is 0 Å². The van der Waals surface area contributed by atoms with E-state index in [4.69, 9.17) is 5.84 Å². The van der Waals surface area contributed by atoms with Gasteiger partial charge in [0.15, 0.2) is 5.82 Å². The van der Waals surface area contributed by atoms with Crippen LogP contribution in [-0.2, 0) is 0 Å². The van der Waals surface area contributed by atoms with Gasteiger partial charge in [-0.25, -0.2) is 4.68 Å². The maximum atomic E-state index is 13.2. The van der Waals surface area contributed by atoms with Crippen molar-refractivity contribution in [1.29, 1.82) is 0 Å². The van der Waals surface area contributed by atoms with E-state index in [0.29, 0.717) is 15.9 Å². The van der Waals surface area contributed by atoms with Crippen molar-refractivity contribution in [2.24, 2.45) is 0 Å². The highest BCUT2D eigenvalue weighted by atomic mass is 79.9. The molecule has 5 rings (SSSR count). The van der Waals surface area contributed by atoms with Gasteiger partial charge in [-0.2, -0.15) is 0 Å². The number of benzene rings is 3. The summed E-state index contributed by atoms with van der Waals surface area (Å²) in [5.74, 6) is 6.88. The molecule has 0 spiro atoms. The number of fused-ring (bicyclic) bond motifs is 1. The van der Waals surface area contributed by atoms with Crippen molar-refractivity contribution in [3.8, 4) is 22.5 Å². The van der Waals surface area contributed by atoms with Gasteiger partial charge in [0.1, 0.15) is 0 Å². The lowest BCUT2D eigenvalue weighted by Gasteiger charge is -2.13. The molecule has 8 heteroatoms. The molecule has 2 heterocycles. The standard InChI is InChI=1S/C24H18BrN5OS/c1-14-7-9-16(10-8-14)22-28-29-24(30(22)26)32-21-20(15-5-3-2-4-6-15)18-13-17(25)11-12-19(18)27-23(21)31/h2-13H,26H2,1H3,(H,27,31). The lowest BCUT2D eigenvalue weighted by molar-refractivity contribution is 0.849. The summed E-state index contributed by atoms with van der Waals surface area (Å²) in [4.78, 5) is 16.7. The number of aryl methyl sites for hydroxylation is 1. The predicted molar refractivity (Wildman–Crippen MR) is 132 cm³/mol. The Kier molecular flexibility index (Phi) is 5.32. The number of hydrogen-bond donors (Lipinski definition) is 2. The fourth-order valence-corrected chi connectivity index (χ4v) is 4.86. The lowest BCUT2D eigenvalue weighted by Crippen LogP contribution is -2.14. The first-order valence-corrected chi connectivity index (χ1v) is 11.5. The van der Waals surface area contributed by atoms with Crippen LogP contribution in [0.1, 0.15) is 5.56 Å². The third-order valence-corrected chi connectivity index (χ3v) is 6.71. The number of rotatable bonds is 4. The number of aromatic nitrogens is 4. The third kappa shape index (κ3) is 3.72. The first kappa shape index (κ1) is 20.5. The Morgan fingerprint density at radius 2 is 1.72 bits per heavy atom. The monoisotopic (exact) mass is 503 g/mol. The van der Waals surface area contributed by atoms with E-state index in [2.05, 4.69) is 31.1 Å². The Morgan fingerprint density at radius 1 is 0.969 bits per heavy atom. The first-order chi connectivity index (χ1) is 15.5. The Bertz CT molecular complexity index is 1490. The van der Waals surface area contributed by atoms with Crippen LogP contribution in [0.4, 0.5) is 0 Å². The van der Waals surface area contributed by atoms with Gasteiger partial charge in [-0.1, -0.05) is 76.1 Å². The van der Waals surface area contributed by atoms with Crippen LogP contribution < -0.4 is 11.4 Å². The van der Waals surface area contributed by atoms with E-state index in [1.54, 1.807) is 0 Å². The smallest absolute Gasteiger partial charge is 0.263 e. The van der Waals surface area contributed by atoms with Gasteiger partial charge in [0.25, 0.3) is 5.56 Å². The molecule has 0 aliphatic rings. The number of H-pyrrole nitrogens is 1. The van der Waals surface area contributed by atoms with Gasteiger partial charge in [-0.05, 0) is 42.4 Å². The van der Waals surface area contributed by atoms with Crippen LogP contribution in [0.3, 0.4) is 0 Å². The van der Waals surface area contributed by atoms with Gasteiger partial charge in [-0.3, -0.25) is 4.79 Å². The molecule has 0 radical (unpaired) electrons. The number of halogens is 1. The van der Waals surface area contributed by atoms with Gasteiger partial charge >= 0.3 is 0 Å². The zero-order valence-corrected chi connectivity index (χ0v) is 19.4. The molecule has 3 aromatic carbocycles. The Hall–Kier alpha value is -3.36. The molecule has 0 amide bonds. The van der Waals surface area contributed by atoms with Crippen LogP contribution >= 0.6 is 27.7 Å². The van der Waals surface area contributed by atoms with E-state index in [1.165, 1.54) is 16.4 Å². The van der Waals surface area contributed by atoms with Crippen LogP contribution in [0.5, 0.6) is 0 Å². The van der Waals surface area contributed by atoms with Crippen LogP contribution in [0.2, 0.25) is 0 Å². The molecule has 0 saturated carbocycles. The van der Waals surface area contributed by atoms with Crippen molar-refractivity contribution in [1.82, 2.24) is 19.9 Å². The largest absolute Gasteiger partial charge is 0.335 e. The van der Waals surface area contributed by atoms with E-state index >= 15 is 0 Å². The van der Waals surface area contributed by atoms with Crippen molar-refractivity contribution < 1.29 is 0 Å². The van der Waals surface area contributed by atoms with E-state index in [9.17, 15) is 4.79 Å². The molecule has 0 aliphatic carbocycles. The molecule has 0 fully saturated rings. The molecule has 3 N–H and O–H groups in total. The quantitative estimate of drug-likeness (QED) is 0.321. The molecular formula is C24H18BrN5OS. The van der Waals surface area contributed by atoms with Gasteiger partial charge in [0, 0.05) is 26.5 Å². The van der Waals surface area contributed by atoms with Crippen LogP contribution in [0.15, 0.2) is 92.1 Å². The van der Waals surface area contributed by atoms with Gasteiger partial charge in [-0.15, -0.1) is 10.2 Å². The van der Waals surface area contributed by atoms with Gasteiger partial charge in [0.2, 0.25) is 5.16 Å². The summed E-state index contributed by atoms with van der Waals surface area (Å²) >= 11 is 4.76. The van der Waals surface area contributed by atoms with Crippen molar-refractivity contribution >= 4 is 38.6 Å². The summed E-state index contributed by atoms with van der Waals surface area (Å²) < 4.78 is 2.35. The molecule has 0 aliphatic heterocycles. The minimum absolute atomic E-state index is 0.205.